The number of aryl methyl sites for hydroxylation is 2. The molecule has 136 valence electrons. The van der Waals surface area contributed by atoms with E-state index in [0.717, 1.165) is 42.1 Å². The van der Waals surface area contributed by atoms with E-state index in [4.69, 9.17) is 0 Å². The second-order valence-electron chi connectivity index (χ2n) is 6.70. The highest BCUT2D eigenvalue weighted by molar-refractivity contribution is 7.19. The van der Waals surface area contributed by atoms with E-state index < -0.39 is 0 Å². The van der Waals surface area contributed by atoms with E-state index in [1.807, 2.05) is 17.4 Å². The van der Waals surface area contributed by atoms with Crippen LogP contribution in [0, 0.1) is 5.82 Å². The maximum absolute atomic E-state index is 13.2. The Morgan fingerprint density at radius 2 is 2.04 bits per heavy atom. The largest absolute Gasteiger partial charge is 0.369 e. The van der Waals surface area contributed by atoms with Gasteiger partial charge in [0.2, 0.25) is 0 Å². The van der Waals surface area contributed by atoms with Crippen LogP contribution < -0.4 is 10.6 Å². The van der Waals surface area contributed by atoms with Gasteiger partial charge in [0.05, 0.1) is 5.39 Å². The van der Waals surface area contributed by atoms with Gasteiger partial charge >= 0.3 is 0 Å². The Kier molecular flexibility index (Phi) is 5.41. The molecule has 0 radical (unpaired) electrons. The van der Waals surface area contributed by atoms with Crippen LogP contribution >= 0.6 is 11.3 Å². The highest BCUT2D eigenvalue weighted by Gasteiger charge is 2.19. The minimum Gasteiger partial charge on any atom is -0.369 e. The number of anilines is 1. The summed E-state index contributed by atoms with van der Waals surface area (Å²) in [5.41, 5.74) is 2.43. The van der Waals surface area contributed by atoms with E-state index in [1.165, 1.54) is 41.2 Å². The van der Waals surface area contributed by atoms with Gasteiger partial charge in [-0.05, 0) is 61.9 Å². The molecule has 3 aromatic rings. The molecule has 0 aliphatic heterocycles. The molecule has 2 aromatic heterocycles. The lowest BCUT2D eigenvalue weighted by atomic mass is 9.97. The van der Waals surface area contributed by atoms with Gasteiger partial charge in [0.1, 0.15) is 22.8 Å². The molecular formula is C20H23FN4S. The summed E-state index contributed by atoms with van der Waals surface area (Å²) in [6.07, 6.45) is 7.51. The van der Waals surface area contributed by atoms with Crippen LogP contribution in [0.4, 0.5) is 10.2 Å². The Bertz CT molecular complexity index is 893. The molecule has 2 heterocycles. The maximum atomic E-state index is 13.2. The Morgan fingerprint density at radius 1 is 1.12 bits per heavy atom. The lowest BCUT2D eigenvalue weighted by Crippen LogP contribution is -2.18. The molecule has 0 fully saturated rings. The van der Waals surface area contributed by atoms with Gasteiger partial charge in [-0.2, -0.15) is 0 Å². The molecule has 0 unspecified atom stereocenters. The summed E-state index contributed by atoms with van der Waals surface area (Å²) in [6, 6.07) is 6.73. The molecule has 0 saturated heterocycles. The fourth-order valence-electron chi connectivity index (χ4n) is 3.52. The van der Waals surface area contributed by atoms with Gasteiger partial charge in [0, 0.05) is 18.0 Å². The SMILES string of the molecule is Fc1cccc(CNCCCNc2ncnc3sc4c(c23)CCCC4)c1. The highest BCUT2D eigenvalue weighted by atomic mass is 32.1. The number of aromatic nitrogens is 2. The molecule has 4 rings (SSSR count). The highest BCUT2D eigenvalue weighted by Crippen LogP contribution is 2.37. The number of hydrogen-bond acceptors (Lipinski definition) is 5. The third kappa shape index (κ3) is 3.86. The van der Waals surface area contributed by atoms with Crippen LogP contribution in [0.25, 0.3) is 10.2 Å². The van der Waals surface area contributed by atoms with Crippen molar-refractivity contribution in [1.82, 2.24) is 15.3 Å². The normalized spacial score (nSPS) is 13.7. The fraction of sp³-hybridized carbons (Fsp3) is 0.400. The number of benzene rings is 1. The van der Waals surface area contributed by atoms with Crippen molar-refractivity contribution in [3.8, 4) is 0 Å². The van der Waals surface area contributed by atoms with Crippen molar-refractivity contribution in [2.75, 3.05) is 18.4 Å². The van der Waals surface area contributed by atoms with Crippen molar-refractivity contribution < 1.29 is 4.39 Å². The topological polar surface area (TPSA) is 49.8 Å². The molecule has 0 bridgehead atoms. The van der Waals surface area contributed by atoms with Gasteiger partial charge in [0.15, 0.2) is 0 Å². The van der Waals surface area contributed by atoms with Gasteiger partial charge in [-0.25, -0.2) is 14.4 Å². The molecule has 0 atom stereocenters. The molecule has 1 aromatic carbocycles. The summed E-state index contributed by atoms with van der Waals surface area (Å²) < 4.78 is 13.2. The average molecular weight is 370 g/mol. The Labute approximate surface area is 156 Å². The molecule has 6 heteroatoms. The van der Waals surface area contributed by atoms with Crippen molar-refractivity contribution in [2.24, 2.45) is 0 Å². The van der Waals surface area contributed by atoms with Crippen LogP contribution in [0.15, 0.2) is 30.6 Å². The average Bonchev–Trinajstić information content (AvgIpc) is 3.04. The van der Waals surface area contributed by atoms with Gasteiger partial charge in [0.25, 0.3) is 0 Å². The number of fused-ring (bicyclic) bond motifs is 3. The van der Waals surface area contributed by atoms with Crippen LogP contribution in [-0.4, -0.2) is 23.1 Å². The fourth-order valence-corrected chi connectivity index (χ4v) is 4.75. The third-order valence-corrected chi connectivity index (χ3v) is 5.99. The first kappa shape index (κ1) is 17.4. The molecule has 1 aliphatic carbocycles. The maximum Gasteiger partial charge on any atom is 0.138 e. The summed E-state index contributed by atoms with van der Waals surface area (Å²) >= 11 is 1.83. The van der Waals surface area contributed by atoms with E-state index in [0.29, 0.717) is 6.54 Å². The molecule has 0 saturated carbocycles. The second-order valence-corrected chi connectivity index (χ2v) is 7.78. The van der Waals surface area contributed by atoms with Gasteiger partial charge < -0.3 is 10.6 Å². The summed E-state index contributed by atoms with van der Waals surface area (Å²) in [4.78, 5) is 11.6. The number of thiophene rings is 1. The zero-order valence-electron chi connectivity index (χ0n) is 14.7. The van der Waals surface area contributed by atoms with Crippen LogP contribution in [0.5, 0.6) is 0 Å². The van der Waals surface area contributed by atoms with Crippen LogP contribution in [-0.2, 0) is 19.4 Å². The van der Waals surface area contributed by atoms with Crippen molar-refractivity contribution in [2.45, 2.75) is 38.6 Å². The van der Waals surface area contributed by atoms with Gasteiger partial charge in [-0.15, -0.1) is 11.3 Å². The summed E-state index contributed by atoms with van der Waals surface area (Å²) in [5.74, 6) is 0.789. The van der Waals surface area contributed by atoms with E-state index >= 15 is 0 Å². The molecule has 1 aliphatic rings. The Balaban J connectivity index is 1.30. The first-order valence-electron chi connectivity index (χ1n) is 9.25. The number of nitrogens with zero attached hydrogens (tertiary/aromatic N) is 2. The van der Waals surface area contributed by atoms with E-state index in [1.54, 1.807) is 18.5 Å². The summed E-state index contributed by atoms with van der Waals surface area (Å²) in [5, 5.41) is 8.08. The third-order valence-electron chi connectivity index (χ3n) is 4.79. The van der Waals surface area contributed by atoms with Crippen molar-refractivity contribution in [3.63, 3.8) is 0 Å². The van der Waals surface area contributed by atoms with Gasteiger partial charge in [-0.1, -0.05) is 12.1 Å². The first-order valence-corrected chi connectivity index (χ1v) is 10.1. The molecule has 0 spiro atoms. The number of rotatable bonds is 7. The number of hydrogen-bond donors (Lipinski definition) is 2. The molecule has 0 amide bonds. The van der Waals surface area contributed by atoms with Gasteiger partial charge in [-0.3, -0.25) is 0 Å². The lowest BCUT2D eigenvalue weighted by Gasteiger charge is -2.12. The van der Waals surface area contributed by atoms with Crippen LogP contribution in [0.2, 0.25) is 0 Å². The first-order chi connectivity index (χ1) is 12.8. The van der Waals surface area contributed by atoms with Crippen molar-refractivity contribution in [3.05, 3.63) is 52.4 Å². The quantitative estimate of drug-likeness (QED) is 0.609. The van der Waals surface area contributed by atoms with Crippen LogP contribution in [0.3, 0.4) is 0 Å². The predicted molar refractivity (Wildman–Crippen MR) is 105 cm³/mol. The standard InChI is InChI=1S/C20H23FN4S/c21-15-6-3-5-14(11-15)12-22-9-4-10-23-19-18-16-7-1-2-8-17(16)26-20(18)25-13-24-19/h3,5-6,11,13,22H,1-2,4,7-10,12H2,(H,23,24,25). The molecule has 4 nitrogen and oxygen atoms in total. The molecule has 26 heavy (non-hydrogen) atoms. The smallest absolute Gasteiger partial charge is 0.138 e. The van der Waals surface area contributed by atoms with Crippen LogP contribution in [0.1, 0.15) is 35.3 Å². The van der Waals surface area contributed by atoms with E-state index in [2.05, 4.69) is 20.6 Å². The zero-order chi connectivity index (χ0) is 17.8. The number of halogens is 1. The molecule has 2 N–H and O–H groups in total. The predicted octanol–water partition coefficient (Wildman–Crippen LogP) is 4.30. The second kappa shape index (κ2) is 8.10. The summed E-state index contributed by atoms with van der Waals surface area (Å²) in [7, 11) is 0. The minimum atomic E-state index is -0.183. The Morgan fingerprint density at radius 3 is 2.96 bits per heavy atom. The van der Waals surface area contributed by atoms with Crippen molar-refractivity contribution >= 4 is 27.4 Å². The monoisotopic (exact) mass is 370 g/mol. The summed E-state index contributed by atoms with van der Waals surface area (Å²) in [6.45, 7) is 2.42. The minimum absolute atomic E-state index is 0.183. The van der Waals surface area contributed by atoms with E-state index in [9.17, 15) is 4.39 Å². The Hall–Kier alpha value is -2.05. The number of nitrogens with one attached hydrogen (secondary N) is 2. The van der Waals surface area contributed by atoms with Crippen molar-refractivity contribution in [1.29, 1.82) is 0 Å². The molecular weight excluding hydrogens is 347 g/mol. The lowest BCUT2D eigenvalue weighted by molar-refractivity contribution is 0.618. The zero-order valence-corrected chi connectivity index (χ0v) is 15.5. The van der Waals surface area contributed by atoms with E-state index in [-0.39, 0.29) is 5.82 Å².